The van der Waals surface area contributed by atoms with Gasteiger partial charge in [-0.1, -0.05) is 6.92 Å². The molecule has 0 radical (unpaired) electrons. The number of aliphatic hydroxyl groups is 1. The van der Waals surface area contributed by atoms with Gasteiger partial charge < -0.3 is 9.84 Å². The Labute approximate surface area is 98.8 Å². The maximum atomic E-state index is 9.97. The minimum absolute atomic E-state index is 0.0442. The van der Waals surface area contributed by atoms with Crippen molar-refractivity contribution in [1.82, 2.24) is 4.90 Å². The molecule has 0 aromatic rings. The van der Waals surface area contributed by atoms with Crippen LogP contribution in [0.15, 0.2) is 0 Å². The maximum absolute atomic E-state index is 9.97. The van der Waals surface area contributed by atoms with Gasteiger partial charge in [-0.25, -0.2) is 0 Å². The van der Waals surface area contributed by atoms with Crippen molar-refractivity contribution in [3.63, 3.8) is 0 Å². The molecule has 2 aliphatic rings. The van der Waals surface area contributed by atoms with Crippen molar-refractivity contribution < 1.29 is 9.84 Å². The fourth-order valence-corrected chi connectivity index (χ4v) is 2.97. The fourth-order valence-electron chi connectivity index (χ4n) is 2.97. The van der Waals surface area contributed by atoms with Crippen LogP contribution in [0.2, 0.25) is 0 Å². The van der Waals surface area contributed by atoms with Crippen LogP contribution in [0.3, 0.4) is 0 Å². The van der Waals surface area contributed by atoms with Crippen LogP contribution in [-0.4, -0.2) is 49.0 Å². The minimum atomic E-state index is -0.0442. The zero-order chi connectivity index (χ0) is 11.4. The van der Waals surface area contributed by atoms with Crippen LogP contribution in [0.25, 0.3) is 0 Å². The summed E-state index contributed by atoms with van der Waals surface area (Å²) in [5.74, 6) is 1.34. The summed E-state index contributed by atoms with van der Waals surface area (Å²) in [5, 5.41) is 9.97. The van der Waals surface area contributed by atoms with E-state index in [0.29, 0.717) is 5.92 Å². The standard InChI is InChI=1S/C13H25NO2/c1-11-2-3-13(15)12(10-11)4-5-14-6-8-16-9-7-14/h11-13,15H,2-10H2,1H3. The van der Waals surface area contributed by atoms with Gasteiger partial charge in [-0.2, -0.15) is 0 Å². The molecule has 3 nitrogen and oxygen atoms in total. The van der Waals surface area contributed by atoms with E-state index in [4.69, 9.17) is 4.74 Å². The summed E-state index contributed by atoms with van der Waals surface area (Å²) in [6.07, 6.45) is 4.54. The van der Waals surface area contributed by atoms with Crippen molar-refractivity contribution in [3.8, 4) is 0 Å². The third-order valence-electron chi connectivity index (χ3n) is 4.12. The summed E-state index contributed by atoms with van der Waals surface area (Å²) in [6, 6.07) is 0. The summed E-state index contributed by atoms with van der Waals surface area (Å²) in [4.78, 5) is 2.47. The lowest BCUT2D eigenvalue weighted by Crippen LogP contribution is -2.39. The van der Waals surface area contributed by atoms with Gasteiger partial charge in [0.2, 0.25) is 0 Å². The van der Waals surface area contributed by atoms with Gasteiger partial charge in [-0.05, 0) is 44.1 Å². The molecule has 1 heterocycles. The second-order valence-corrected chi connectivity index (χ2v) is 5.49. The Morgan fingerprint density at radius 1 is 1.25 bits per heavy atom. The zero-order valence-electron chi connectivity index (χ0n) is 10.4. The predicted molar refractivity (Wildman–Crippen MR) is 64.4 cm³/mol. The third-order valence-corrected chi connectivity index (χ3v) is 4.12. The Kier molecular flexibility index (Phi) is 4.62. The molecule has 94 valence electrons. The number of rotatable bonds is 3. The highest BCUT2D eigenvalue weighted by atomic mass is 16.5. The van der Waals surface area contributed by atoms with Crippen LogP contribution < -0.4 is 0 Å². The molecule has 16 heavy (non-hydrogen) atoms. The fraction of sp³-hybridized carbons (Fsp3) is 1.00. The molecule has 0 amide bonds. The molecule has 0 spiro atoms. The van der Waals surface area contributed by atoms with E-state index in [-0.39, 0.29) is 6.10 Å². The quantitative estimate of drug-likeness (QED) is 0.793. The van der Waals surface area contributed by atoms with Crippen molar-refractivity contribution in [2.75, 3.05) is 32.8 Å². The van der Waals surface area contributed by atoms with Gasteiger partial charge in [-0.15, -0.1) is 0 Å². The van der Waals surface area contributed by atoms with Crippen molar-refractivity contribution in [2.24, 2.45) is 11.8 Å². The molecular formula is C13H25NO2. The number of hydrogen-bond acceptors (Lipinski definition) is 3. The Morgan fingerprint density at radius 2 is 2.00 bits per heavy atom. The highest BCUT2D eigenvalue weighted by molar-refractivity contribution is 4.79. The predicted octanol–water partition coefficient (Wildman–Crippen LogP) is 1.51. The molecule has 0 aromatic heterocycles. The molecule has 0 aromatic carbocycles. The lowest BCUT2D eigenvalue weighted by Gasteiger charge is -2.34. The average molecular weight is 227 g/mol. The first-order chi connectivity index (χ1) is 7.75. The zero-order valence-corrected chi connectivity index (χ0v) is 10.4. The van der Waals surface area contributed by atoms with Gasteiger partial charge in [0.15, 0.2) is 0 Å². The lowest BCUT2D eigenvalue weighted by atomic mass is 9.79. The van der Waals surface area contributed by atoms with E-state index in [1.165, 1.54) is 12.8 Å². The number of nitrogens with zero attached hydrogens (tertiary/aromatic N) is 1. The first-order valence-corrected chi connectivity index (χ1v) is 6.74. The van der Waals surface area contributed by atoms with Crippen LogP contribution in [0.4, 0.5) is 0 Å². The second-order valence-electron chi connectivity index (χ2n) is 5.49. The molecule has 1 aliphatic heterocycles. The van der Waals surface area contributed by atoms with E-state index in [2.05, 4.69) is 11.8 Å². The van der Waals surface area contributed by atoms with Crippen molar-refractivity contribution >= 4 is 0 Å². The van der Waals surface area contributed by atoms with Crippen molar-refractivity contribution in [2.45, 2.75) is 38.7 Å². The topological polar surface area (TPSA) is 32.7 Å². The van der Waals surface area contributed by atoms with Gasteiger partial charge in [-0.3, -0.25) is 4.90 Å². The number of aliphatic hydroxyl groups excluding tert-OH is 1. The largest absolute Gasteiger partial charge is 0.393 e. The monoisotopic (exact) mass is 227 g/mol. The van der Waals surface area contributed by atoms with E-state index in [0.717, 1.165) is 51.6 Å². The molecule has 0 bridgehead atoms. The second kappa shape index (κ2) is 5.99. The van der Waals surface area contributed by atoms with E-state index < -0.39 is 0 Å². The van der Waals surface area contributed by atoms with Crippen LogP contribution in [0, 0.1) is 11.8 Å². The van der Waals surface area contributed by atoms with Crippen LogP contribution in [-0.2, 0) is 4.74 Å². The number of morpholine rings is 1. The molecule has 1 aliphatic carbocycles. The average Bonchev–Trinajstić information content (AvgIpc) is 2.32. The Morgan fingerprint density at radius 3 is 2.75 bits per heavy atom. The summed E-state index contributed by atoms with van der Waals surface area (Å²) in [7, 11) is 0. The van der Waals surface area contributed by atoms with Crippen LogP contribution in [0.5, 0.6) is 0 Å². The SMILES string of the molecule is CC1CCC(O)C(CCN2CCOCC2)C1. The van der Waals surface area contributed by atoms with Crippen molar-refractivity contribution in [1.29, 1.82) is 0 Å². The Hall–Kier alpha value is -0.120. The number of ether oxygens (including phenoxy) is 1. The highest BCUT2D eigenvalue weighted by Gasteiger charge is 2.27. The summed E-state index contributed by atoms with van der Waals surface area (Å²) in [6.45, 7) is 7.34. The molecule has 2 fully saturated rings. The van der Waals surface area contributed by atoms with Gasteiger partial charge >= 0.3 is 0 Å². The van der Waals surface area contributed by atoms with Crippen LogP contribution in [0.1, 0.15) is 32.6 Å². The van der Waals surface area contributed by atoms with E-state index in [9.17, 15) is 5.11 Å². The Balaban J connectivity index is 1.71. The van der Waals surface area contributed by atoms with Gasteiger partial charge in [0.1, 0.15) is 0 Å². The third kappa shape index (κ3) is 3.44. The molecule has 1 saturated heterocycles. The molecule has 3 unspecified atom stereocenters. The van der Waals surface area contributed by atoms with Gasteiger partial charge in [0.05, 0.1) is 19.3 Å². The van der Waals surface area contributed by atoms with E-state index in [1.54, 1.807) is 0 Å². The molecule has 3 atom stereocenters. The number of hydrogen-bond donors (Lipinski definition) is 1. The normalized spacial score (nSPS) is 37.5. The molecule has 1 N–H and O–H groups in total. The lowest BCUT2D eigenvalue weighted by molar-refractivity contribution is 0.0165. The van der Waals surface area contributed by atoms with Gasteiger partial charge in [0.25, 0.3) is 0 Å². The first-order valence-electron chi connectivity index (χ1n) is 6.74. The first kappa shape index (κ1) is 12.3. The highest BCUT2D eigenvalue weighted by Crippen LogP contribution is 2.31. The molecular weight excluding hydrogens is 202 g/mol. The van der Waals surface area contributed by atoms with E-state index in [1.807, 2.05) is 0 Å². The van der Waals surface area contributed by atoms with Crippen LogP contribution >= 0.6 is 0 Å². The van der Waals surface area contributed by atoms with E-state index >= 15 is 0 Å². The Bertz CT molecular complexity index is 204. The summed E-state index contributed by atoms with van der Waals surface area (Å²) >= 11 is 0. The molecule has 2 rings (SSSR count). The minimum Gasteiger partial charge on any atom is -0.393 e. The molecule has 1 saturated carbocycles. The molecule has 3 heteroatoms. The summed E-state index contributed by atoms with van der Waals surface area (Å²) in [5.41, 5.74) is 0. The summed E-state index contributed by atoms with van der Waals surface area (Å²) < 4.78 is 5.34. The smallest absolute Gasteiger partial charge is 0.0594 e. The maximum Gasteiger partial charge on any atom is 0.0594 e. The van der Waals surface area contributed by atoms with Crippen molar-refractivity contribution in [3.05, 3.63) is 0 Å². The van der Waals surface area contributed by atoms with Gasteiger partial charge in [0, 0.05) is 13.1 Å².